The molecule has 1 aromatic heterocycles. The molecule has 3 aliphatic rings. The summed E-state index contributed by atoms with van der Waals surface area (Å²) in [6, 6.07) is 2.67. The van der Waals surface area contributed by atoms with Crippen molar-refractivity contribution >= 4 is 17.2 Å². The fraction of sp³-hybridized carbons (Fsp3) is 0.722. The second-order valence-corrected chi connectivity index (χ2v) is 7.95. The van der Waals surface area contributed by atoms with Gasteiger partial charge >= 0.3 is 0 Å². The van der Waals surface area contributed by atoms with E-state index in [0.29, 0.717) is 24.6 Å². The third kappa shape index (κ3) is 3.67. The Morgan fingerprint density at radius 3 is 2.88 bits per heavy atom. The van der Waals surface area contributed by atoms with Crippen LogP contribution in [0.15, 0.2) is 16.8 Å². The largest absolute Gasteiger partial charge is 0.375 e. The molecule has 1 amide bonds. The molecule has 1 aliphatic carbocycles. The Morgan fingerprint density at radius 2 is 2.08 bits per heavy atom. The van der Waals surface area contributed by atoms with E-state index < -0.39 is 0 Å². The molecular weight excluding hydrogens is 322 g/mol. The van der Waals surface area contributed by atoms with Gasteiger partial charge in [0, 0.05) is 45.3 Å². The molecule has 0 spiro atoms. The summed E-state index contributed by atoms with van der Waals surface area (Å²) < 4.78 is 5.85. The summed E-state index contributed by atoms with van der Waals surface area (Å²) in [4.78, 5) is 19.6. The van der Waals surface area contributed by atoms with E-state index in [9.17, 15) is 4.79 Å². The molecule has 0 bridgehead atoms. The Morgan fingerprint density at radius 1 is 1.21 bits per heavy atom. The van der Waals surface area contributed by atoms with Gasteiger partial charge in [0.05, 0.1) is 19.3 Å². The lowest BCUT2D eigenvalue weighted by Crippen LogP contribution is -2.55. The number of hydrogen-bond acceptors (Lipinski definition) is 5. The van der Waals surface area contributed by atoms with E-state index in [2.05, 4.69) is 31.5 Å². The number of amides is 1. The van der Waals surface area contributed by atoms with Crippen molar-refractivity contribution in [1.82, 2.24) is 14.7 Å². The first-order chi connectivity index (χ1) is 11.8. The maximum Gasteiger partial charge on any atom is 0.236 e. The van der Waals surface area contributed by atoms with E-state index in [1.54, 1.807) is 11.3 Å². The number of ether oxygens (including phenoxy) is 1. The summed E-state index contributed by atoms with van der Waals surface area (Å²) in [5.41, 5.74) is 1.39. The van der Waals surface area contributed by atoms with Crippen molar-refractivity contribution in [2.24, 2.45) is 0 Å². The summed E-state index contributed by atoms with van der Waals surface area (Å²) in [6.45, 7) is 6.97. The average molecular weight is 350 g/mol. The summed E-state index contributed by atoms with van der Waals surface area (Å²) in [5, 5.41) is 4.35. The highest BCUT2D eigenvalue weighted by molar-refractivity contribution is 7.07. The highest BCUT2D eigenvalue weighted by Gasteiger charge is 2.37. The lowest BCUT2D eigenvalue weighted by Gasteiger charge is -2.39. The summed E-state index contributed by atoms with van der Waals surface area (Å²) in [7, 11) is 0. The zero-order chi connectivity index (χ0) is 16.4. The SMILES string of the molecule is O=C(CN1CCO[C@@H]2CCC[C@@H]21)N1CCN(Cc2ccsc2)CC1. The highest BCUT2D eigenvalue weighted by atomic mass is 32.1. The van der Waals surface area contributed by atoms with Gasteiger partial charge in [-0.1, -0.05) is 0 Å². The van der Waals surface area contributed by atoms with Crippen LogP contribution in [0.3, 0.4) is 0 Å². The molecule has 2 saturated heterocycles. The van der Waals surface area contributed by atoms with Crippen molar-refractivity contribution in [1.29, 1.82) is 0 Å². The molecule has 1 saturated carbocycles. The Kier molecular flexibility index (Phi) is 5.17. The number of carbonyl (C=O) groups is 1. The standard InChI is InChI=1S/C18H27N3O2S/c22-18(13-21-9-10-23-17-3-1-2-16(17)21)20-7-5-19(6-8-20)12-15-4-11-24-14-15/h4,11,14,16-17H,1-3,5-10,12-13H2/t16-,17+/m0/s1. The minimum Gasteiger partial charge on any atom is -0.375 e. The van der Waals surface area contributed by atoms with E-state index >= 15 is 0 Å². The van der Waals surface area contributed by atoms with Gasteiger partial charge in [0.15, 0.2) is 0 Å². The van der Waals surface area contributed by atoms with Crippen LogP contribution in [0.25, 0.3) is 0 Å². The van der Waals surface area contributed by atoms with E-state index in [0.717, 1.165) is 52.3 Å². The number of rotatable bonds is 4. The van der Waals surface area contributed by atoms with E-state index in [-0.39, 0.29) is 0 Å². The fourth-order valence-electron chi connectivity index (χ4n) is 4.27. The molecule has 3 heterocycles. The van der Waals surface area contributed by atoms with Crippen molar-refractivity contribution in [3.8, 4) is 0 Å². The first-order valence-electron chi connectivity index (χ1n) is 9.16. The number of fused-ring (bicyclic) bond motifs is 1. The predicted molar refractivity (Wildman–Crippen MR) is 95.1 cm³/mol. The van der Waals surface area contributed by atoms with Crippen LogP contribution < -0.4 is 0 Å². The topological polar surface area (TPSA) is 36.0 Å². The van der Waals surface area contributed by atoms with Gasteiger partial charge in [-0.15, -0.1) is 0 Å². The lowest BCUT2D eigenvalue weighted by molar-refractivity contribution is -0.138. The average Bonchev–Trinajstić information content (AvgIpc) is 3.27. The molecule has 24 heavy (non-hydrogen) atoms. The van der Waals surface area contributed by atoms with Crippen molar-refractivity contribution in [3.63, 3.8) is 0 Å². The summed E-state index contributed by atoms with van der Waals surface area (Å²) in [5.74, 6) is 0.303. The minimum atomic E-state index is 0.303. The van der Waals surface area contributed by atoms with Gasteiger partial charge in [0.25, 0.3) is 0 Å². The van der Waals surface area contributed by atoms with Crippen LogP contribution in [-0.2, 0) is 16.1 Å². The minimum absolute atomic E-state index is 0.303. The first kappa shape index (κ1) is 16.5. The van der Waals surface area contributed by atoms with Crippen LogP contribution in [0.4, 0.5) is 0 Å². The number of thiophene rings is 1. The molecule has 2 atom stereocenters. The van der Waals surface area contributed by atoms with E-state index in [1.807, 2.05) is 0 Å². The zero-order valence-electron chi connectivity index (χ0n) is 14.2. The summed E-state index contributed by atoms with van der Waals surface area (Å²) >= 11 is 1.75. The predicted octanol–water partition coefficient (Wildman–Crippen LogP) is 1.65. The lowest BCUT2D eigenvalue weighted by atomic mass is 10.1. The smallest absolute Gasteiger partial charge is 0.236 e. The van der Waals surface area contributed by atoms with Gasteiger partial charge in [0.1, 0.15) is 0 Å². The van der Waals surface area contributed by atoms with E-state index in [4.69, 9.17) is 4.74 Å². The third-order valence-electron chi connectivity index (χ3n) is 5.65. The molecule has 4 rings (SSSR count). The molecule has 5 nitrogen and oxygen atoms in total. The Bertz CT molecular complexity index is 542. The Hall–Kier alpha value is -0.950. The number of hydrogen-bond donors (Lipinski definition) is 0. The number of carbonyl (C=O) groups excluding carboxylic acids is 1. The van der Waals surface area contributed by atoms with Crippen LogP contribution in [0, 0.1) is 0 Å². The van der Waals surface area contributed by atoms with Gasteiger partial charge < -0.3 is 9.64 Å². The van der Waals surface area contributed by atoms with Gasteiger partial charge in [-0.3, -0.25) is 14.6 Å². The van der Waals surface area contributed by atoms with E-state index in [1.165, 1.54) is 18.4 Å². The van der Waals surface area contributed by atoms with Crippen LogP contribution in [0.1, 0.15) is 24.8 Å². The van der Waals surface area contributed by atoms with Gasteiger partial charge in [-0.05, 0) is 41.7 Å². The van der Waals surface area contributed by atoms with Crippen molar-refractivity contribution in [2.75, 3.05) is 45.9 Å². The normalized spacial score (nSPS) is 28.9. The van der Waals surface area contributed by atoms with Crippen LogP contribution in [0.2, 0.25) is 0 Å². The maximum atomic E-state index is 12.7. The molecule has 2 aliphatic heterocycles. The summed E-state index contributed by atoms with van der Waals surface area (Å²) in [6.07, 6.45) is 3.96. The molecule has 0 radical (unpaired) electrons. The highest BCUT2D eigenvalue weighted by Crippen LogP contribution is 2.29. The maximum absolute atomic E-state index is 12.7. The third-order valence-corrected chi connectivity index (χ3v) is 6.38. The molecule has 1 aromatic rings. The molecule has 0 N–H and O–H groups in total. The van der Waals surface area contributed by atoms with Crippen LogP contribution in [-0.4, -0.2) is 78.6 Å². The monoisotopic (exact) mass is 349 g/mol. The first-order valence-corrected chi connectivity index (χ1v) is 10.1. The van der Waals surface area contributed by atoms with Crippen molar-refractivity contribution in [2.45, 2.75) is 38.0 Å². The molecule has 3 fully saturated rings. The molecule has 6 heteroatoms. The number of nitrogens with zero attached hydrogens (tertiary/aromatic N) is 3. The van der Waals surface area contributed by atoms with Crippen LogP contribution in [0.5, 0.6) is 0 Å². The van der Waals surface area contributed by atoms with Crippen molar-refractivity contribution in [3.05, 3.63) is 22.4 Å². The Labute approximate surface area is 148 Å². The fourth-order valence-corrected chi connectivity index (χ4v) is 4.93. The molecule has 132 valence electrons. The van der Waals surface area contributed by atoms with Gasteiger partial charge in [0.2, 0.25) is 5.91 Å². The quantitative estimate of drug-likeness (QED) is 0.828. The van der Waals surface area contributed by atoms with Gasteiger partial charge in [-0.2, -0.15) is 11.3 Å². The molecular formula is C18H27N3O2S. The number of piperazine rings is 1. The van der Waals surface area contributed by atoms with Crippen molar-refractivity contribution < 1.29 is 9.53 Å². The molecule has 0 unspecified atom stereocenters. The zero-order valence-corrected chi connectivity index (χ0v) is 15.0. The molecule has 0 aromatic carbocycles. The van der Waals surface area contributed by atoms with Crippen LogP contribution >= 0.6 is 11.3 Å². The second-order valence-electron chi connectivity index (χ2n) is 7.17. The second kappa shape index (κ2) is 7.52. The van der Waals surface area contributed by atoms with Gasteiger partial charge in [-0.25, -0.2) is 0 Å². The Balaban J connectivity index is 1.25. The number of morpholine rings is 1.